The molecule has 7 heteroatoms. The highest BCUT2D eigenvalue weighted by molar-refractivity contribution is 4.56. The van der Waals surface area contributed by atoms with E-state index in [9.17, 15) is 0 Å². The molecule has 0 aliphatic carbocycles. The Kier molecular flexibility index (Phi) is 26.9. The monoisotopic (exact) mass is 313 g/mol. The fourth-order valence-electron chi connectivity index (χ4n) is 0.787. The molecule has 0 aliphatic heterocycles. The average Bonchev–Trinajstić information content (AvgIpc) is 2.49. The molecule has 0 aromatic carbocycles. The number of hydrogen-bond donors (Lipinski definition) is 3. The van der Waals surface area contributed by atoms with Crippen LogP contribution in [0.25, 0.3) is 0 Å². The van der Waals surface area contributed by atoms with Gasteiger partial charge < -0.3 is 24.4 Å². The number of rotatable bonds is 10. The lowest BCUT2D eigenvalue weighted by atomic mass is 10.3. The van der Waals surface area contributed by atoms with E-state index in [1.165, 1.54) is 0 Å². The maximum Gasteiger partial charge on any atom is 0.154 e. The Morgan fingerprint density at radius 3 is 2.00 bits per heavy atom. The Bertz CT molecular complexity index is 166. The van der Waals surface area contributed by atoms with Crippen molar-refractivity contribution in [3.63, 3.8) is 0 Å². The van der Waals surface area contributed by atoms with Gasteiger partial charge in [0.15, 0.2) is 6.29 Å². The molecule has 0 aromatic rings. The third-order valence-electron chi connectivity index (χ3n) is 2.12. The number of ether oxygens (including phenoxy) is 3. The minimum atomic E-state index is -0.447. The van der Waals surface area contributed by atoms with E-state index >= 15 is 0 Å². The summed E-state index contributed by atoms with van der Waals surface area (Å²) in [6.07, 6.45) is -0.864. The number of nitrogens with one attached hydrogen (secondary N) is 1. The topological polar surface area (TPSA) is 89.4 Å². The zero-order valence-electron chi connectivity index (χ0n) is 14.6. The van der Waals surface area contributed by atoms with Crippen molar-refractivity contribution in [3.05, 3.63) is 0 Å². The van der Waals surface area contributed by atoms with E-state index in [-0.39, 0.29) is 19.0 Å². The Hall–Kier alpha value is -0.280. The van der Waals surface area contributed by atoms with Crippen molar-refractivity contribution in [2.75, 3.05) is 40.6 Å². The van der Waals surface area contributed by atoms with Gasteiger partial charge in [0, 0.05) is 20.8 Å². The number of methoxy groups -OCH3 is 2. The summed E-state index contributed by atoms with van der Waals surface area (Å²) in [5, 5.41) is 17.2. The van der Waals surface area contributed by atoms with Crippen molar-refractivity contribution in [2.24, 2.45) is 0 Å². The first-order valence-electron chi connectivity index (χ1n) is 7.30. The Morgan fingerprint density at radius 2 is 1.62 bits per heavy atom. The van der Waals surface area contributed by atoms with Gasteiger partial charge in [-0.15, -0.1) is 0 Å². The van der Waals surface area contributed by atoms with Crippen LogP contribution < -0.4 is 5.48 Å². The van der Waals surface area contributed by atoms with Crippen molar-refractivity contribution < 1.29 is 29.3 Å². The van der Waals surface area contributed by atoms with Gasteiger partial charge in [0.05, 0.1) is 32.0 Å². The van der Waals surface area contributed by atoms with E-state index in [0.29, 0.717) is 19.8 Å². The maximum absolute atomic E-state index is 8.98. The molecule has 0 spiro atoms. The summed E-state index contributed by atoms with van der Waals surface area (Å²) in [5.74, 6) is 0. The van der Waals surface area contributed by atoms with E-state index in [1.54, 1.807) is 35.0 Å². The smallest absolute Gasteiger partial charge is 0.154 e. The van der Waals surface area contributed by atoms with Crippen LogP contribution in [-0.2, 0) is 19.0 Å². The van der Waals surface area contributed by atoms with E-state index in [2.05, 4.69) is 5.48 Å². The van der Waals surface area contributed by atoms with Gasteiger partial charge in [0.2, 0.25) is 0 Å². The van der Waals surface area contributed by atoms with Crippen molar-refractivity contribution in [1.82, 2.24) is 5.48 Å². The van der Waals surface area contributed by atoms with Crippen LogP contribution >= 0.6 is 0 Å². The van der Waals surface area contributed by atoms with Crippen molar-refractivity contribution >= 4 is 0 Å². The highest BCUT2D eigenvalue weighted by atomic mass is 16.7. The predicted octanol–water partition coefficient (Wildman–Crippen LogP) is 0.937. The van der Waals surface area contributed by atoms with Crippen LogP contribution in [0.5, 0.6) is 0 Å². The third-order valence-corrected chi connectivity index (χ3v) is 2.12. The molecule has 0 amide bonds. The summed E-state index contributed by atoms with van der Waals surface area (Å²) in [4.78, 5) is 4.78. The van der Waals surface area contributed by atoms with Gasteiger partial charge in [-0.2, -0.15) is 0 Å². The second-order valence-corrected chi connectivity index (χ2v) is 3.84. The van der Waals surface area contributed by atoms with Crippen LogP contribution in [0.15, 0.2) is 0 Å². The molecule has 0 radical (unpaired) electrons. The molecule has 0 bridgehead atoms. The van der Waals surface area contributed by atoms with Crippen LogP contribution in [0.2, 0.25) is 0 Å². The summed E-state index contributed by atoms with van der Waals surface area (Å²) in [5.41, 5.74) is 2.54. The number of aliphatic hydroxyl groups excluding tert-OH is 2. The quantitative estimate of drug-likeness (QED) is 0.314. The summed E-state index contributed by atoms with van der Waals surface area (Å²) in [6.45, 7) is 10.9. The molecule has 0 rings (SSSR count). The van der Waals surface area contributed by atoms with Gasteiger partial charge in [0.1, 0.15) is 0 Å². The van der Waals surface area contributed by atoms with Gasteiger partial charge in [0.25, 0.3) is 0 Å². The Balaban J connectivity index is -0.000000277. The largest absolute Gasteiger partial charge is 0.395 e. The SMILES string of the molecule is CC.COC(C)OC(C)C(C)O.COCCONCCO. The molecular weight excluding hydrogens is 278 g/mol. The molecule has 0 aromatic heterocycles. The average molecular weight is 313 g/mol. The van der Waals surface area contributed by atoms with Gasteiger partial charge in [-0.25, -0.2) is 5.48 Å². The highest BCUT2D eigenvalue weighted by Gasteiger charge is 2.11. The molecule has 3 unspecified atom stereocenters. The minimum absolute atomic E-state index is 0.0903. The van der Waals surface area contributed by atoms with Gasteiger partial charge in [-0.3, -0.25) is 4.84 Å². The number of hydroxylamine groups is 1. The molecule has 3 atom stereocenters. The number of aliphatic hydroxyl groups is 2. The first kappa shape index (κ1) is 25.7. The molecule has 0 fully saturated rings. The van der Waals surface area contributed by atoms with Crippen molar-refractivity contribution in [3.8, 4) is 0 Å². The van der Waals surface area contributed by atoms with E-state index in [0.717, 1.165) is 0 Å². The second-order valence-electron chi connectivity index (χ2n) is 3.84. The Labute approximate surface area is 129 Å². The maximum atomic E-state index is 8.98. The lowest BCUT2D eigenvalue weighted by Crippen LogP contribution is -2.27. The lowest BCUT2D eigenvalue weighted by Gasteiger charge is -2.19. The third kappa shape index (κ3) is 25.1. The van der Waals surface area contributed by atoms with E-state index in [1.807, 2.05) is 13.8 Å². The normalized spacial score (nSPS) is 14.1. The zero-order chi connectivity index (χ0) is 17.1. The highest BCUT2D eigenvalue weighted by Crippen LogP contribution is 2.02. The summed E-state index contributed by atoms with van der Waals surface area (Å²) in [6, 6.07) is 0. The van der Waals surface area contributed by atoms with Crippen LogP contribution in [0.1, 0.15) is 34.6 Å². The fraction of sp³-hybridized carbons (Fsp3) is 1.00. The minimum Gasteiger partial charge on any atom is -0.395 e. The fourth-order valence-corrected chi connectivity index (χ4v) is 0.787. The van der Waals surface area contributed by atoms with E-state index in [4.69, 9.17) is 29.3 Å². The molecule has 0 saturated carbocycles. The molecule has 0 saturated heterocycles. The van der Waals surface area contributed by atoms with Crippen molar-refractivity contribution in [2.45, 2.75) is 53.1 Å². The standard InChI is InChI=1S/C7H16O3.C5H13NO3.C2H6/c1-5(8)6(2)10-7(3)9-4;1-8-4-5-9-6-2-3-7;1-2/h5-8H,1-4H3;6-7H,2-5H2,1H3;1-2H3. The molecule has 132 valence electrons. The molecule has 3 N–H and O–H groups in total. The van der Waals surface area contributed by atoms with Crippen molar-refractivity contribution in [1.29, 1.82) is 0 Å². The summed E-state index contributed by atoms with van der Waals surface area (Å²) in [7, 11) is 3.18. The molecule has 0 heterocycles. The first-order chi connectivity index (χ1) is 9.99. The summed E-state index contributed by atoms with van der Waals surface area (Å²) < 4.78 is 14.7. The zero-order valence-corrected chi connectivity index (χ0v) is 14.6. The predicted molar refractivity (Wildman–Crippen MR) is 83.0 cm³/mol. The molecule has 7 nitrogen and oxygen atoms in total. The van der Waals surface area contributed by atoms with Crippen LogP contribution in [0.3, 0.4) is 0 Å². The van der Waals surface area contributed by atoms with E-state index < -0.39 is 6.10 Å². The van der Waals surface area contributed by atoms with Crippen LogP contribution in [0.4, 0.5) is 0 Å². The second kappa shape index (κ2) is 22.0. The van der Waals surface area contributed by atoms with Crippen LogP contribution in [-0.4, -0.2) is 69.3 Å². The molecule has 21 heavy (non-hydrogen) atoms. The number of hydrogen-bond acceptors (Lipinski definition) is 7. The van der Waals surface area contributed by atoms with Gasteiger partial charge in [-0.05, 0) is 20.8 Å². The molecular formula is C14H35NO6. The van der Waals surface area contributed by atoms with Gasteiger partial charge >= 0.3 is 0 Å². The molecule has 0 aliphatic rings. The first-order valence-corrected chi connectivity index (χ1v) is 7.30. The summed E-state index contributed by atoms with van der Waals surface area (Å²) >= 11 is 0. The Morgan fingerprint density at radius 1 is 1.05 bits per heavy atom. The van der Waals surface area contributed by atoms with Crippen LogP contribution in [0, 0.1) is 0 Å². The lowest BCUT2D eigenvalue weighted by molar-refractivity contribution is -0.161. The van der Waals surface area contributed by atoms with Gasteiger partial charge in [-0.1, -0.05) is 13.8 Å².